The van der Waals surface area contributed by atoms with Crippen LogP contribution in [0.15, 0.2) is 63.4 Å². The molecular formula is C26H26N4O5S3. The first-order chi connectivity index (χ1) is 18.2. The number of thiophene rings is 1. The Kier molecular flexibility index (Phi) is 7.57. The Balaban J connectivity index is 1.46. The number of ether oxygens (including phenoxy) is 1. The Hall–Kier alpha value is -3.19. The zero-order chi connectivity index (χ0) is 26.9. The molecule has 0 fully saturated rings. The average Bonchev–Trinajstić information content (AvgIpc) is 3.27. The van der Waals surface area contributed by atoms with Crippen LogP contribution in [0, 0.1) is 0 Å². The maximum Gasteiger partial charge on any atom is 0.267 e. The van der Waals surface area contributed by atoms with E-state index in [-0.39, 0.29) is 22.1 Å². The summed E-state index contributed by atoms with van der Waals surface area (Å²) >= 11 is 2.73. The quantitative estimate of drug-likeness (QED) is 0.241. The molecule has 12 heteroatoms. The highest BCUT2D eigenvalue weighted by molar-refractivity contribution is 7.99. The minimum Gasteiger partial charge on any atom is -0.494 e. The second-order valence-corrected chi connectivity index (χ2v) is 12.3. The van der Waals surface area contributed by atoms with Crippen LogP contribution in [-0.4, -0.2) is 36.2 Å². The lowest BCUT2D eigenvalue weighted by Crippen LogP contribution is -2.23. The Bertz CT molecular complexity index is 1660. The molecule has 1 aliphatic carbocycles. The number of rotatable bonds is 8. The van der Waals surface area contributed by atoms with Gasteiger partial charge in [0.25, 0.3) is 5.56 Å². The third-order valence-electron chi connectivity index (χ3n) is 6.16. The smallest absolute Gasteiger partial charge is 0.267 e. The van der Waals surface area contributed by atoms with Crippen molar-refractivity contribution >= 4 is 54.9 Å². The normalized spacial score (nSPS) is 13.3. The number of nitrogens with one attached hydrogen (secondary N) is 1. The average molecular weight is 571 g/mol. The number of sulfonamides is 1. The molecule has 0 radical (unpaired) electrons. The van der Waals surface area contributed by atoms with Gasteiger partial charge in [0.05, 0.1) is 28.3 Å². The van der Waals surface area contributed by atoms with E-state index >= 15 is 0 Å². The molecule has 0 aliphatic heterocycles. The number of nitrogens with two attached hydrogens (primary N) is 1. The number of anilines is 1. The van der Waals surface area contributed by atoms with Gasteiger partial charge in [0.15, 0.2) is 5.16 Å². The van der Waals surface area contributed by atoms with Gasteiger partial charge in [-0.2, -0.15) is 0 Å². The minimum absolute atomic E-state index is 0.00297. The lowest BCUT2D eigenvalue weighted by molar-refractivity contribution is -0.113. The highest BCUT2D eigenvalue weighted by atomic mass is 32.2. The first-order valence-corrected chi connectivity index (χ1v) is 15.5. The molecule has 2 heterocycles. The van der Waals surface area contributed by atoms with Gasteiger partial charge in [-0.25, -0.2) is 18.5 Å². The Morgan fingerprint density at radius 3 is 2.53 bits per heavy atom. The van der Waals surface area contributed by atoms with Gasteiger partial charge in [-0.15, -0.1) is 11.3 Å². The van der Waals surface area contributed by atoms with E-state index in [4.69, 9.17) is 14.9 Å². The van der Waals surface area contributed by atoms with E-state index < -0.39 is 10.0 Å². The van der Waals surface area contributed by atoms with Crippen LogP contribution in [0.4, 0.5) is 5.69 Å². The van der Waals surface area contributed by atoms with Gasteiger partial charge in [-0.05, 0) is 86.7 Å². The lowest BCUT2D eigenvalue weighted by atomic mass is 9.97. The van der Waals surface area contributed by atoms with E-state index in [1.54, 1.807) is 15.9 Å². The number of nitrogens with zero attached hydrogens (tertiary/aromatic N) is 2. The molecule has 1 amide bonds. The van der Waals surface area contributed by atoms with Crippen LogP contribution in [0.2, 0.25) is 0 Å². The van der Waals surface area contributed by atoms with Gasteiger partial charge < -0.3 is 10.1 Å². The molecule has 3 N–H and O–H groups in total. The van der Waals surface area contributed by atoms with Gasteiger partial charge >= 0.3 is 0 Å². The van der Waals surface area contributed by atoms with Crippen LogP contribution >= 0.6 is 23.1 Å². The Labute approximate surface area is 228 Å². The fraction of sp³-hybridized carbons (Fsp3) is 0.269. The second kappa shape index (κ2) is 10.9. The number of aromatic nitrogens is 2. The Morgan fingerprint density at radius 2 is 1.84 bits per heavy atom. The molecule has 5 rings (SSSR count). The molecule has 2 aromatic carbocycles. The number of benzene rings is 2. The number of amides is 1. The van der Waals surface area contributed by atoms with Gasteiger partial charge in [0.1, 0.15) is 10.6 Å². The largest absolute Gasteiger partial charge is 0.494 e. The molecule has 4 aromatic rings. The zero-order valence-corrected chi connectivity index (χ0v) is 23.0. The van der Waals surface area contributed by atoms with Crippen molar-refractivity contribution < 1.29 is 17.9 Å². The van der Waals surface area contributed by atoms with E-state index in [1.165, 1.54) is 40.9 Å². The summed E-state index contributed by atoms with van der Waals surface area (Å²) in [6.45, 7) is 2.44. The van der Waals surface area contributed by atoms with Gasteiger partial charge in [-0.1, -0.05) is 11.8 Å². The summed E-state index contributed by atoms with van der Waals surface area (Å²) in [4.78, 5) is 33.3. The number of hydrogen-bond donors (Lipinski definition) is 2. The predicted molar refractivity (Wildman–Crippen MR) is 150 cm³/mol. The molecule has 0 unspecified atom stereocenters. The highest BCUT2D eigenvalue weighted by Crippen LogP contribution is 2.35. The molecule has 38 heavy (non-hydrogen) atoms. The van der Waals surface area contributed by atoms with Crippen molar-refractivity contribution in [3.8, 4) is 11.4 Å². The molecule has 0 saturated carbocycles. The number of hydrogen-bond acceptors (Lipinski definition) is 8. The summed E-state index contributed by atoms with van der Waals surface area (Å²) in [5, 5.41) is 8.96. The van der Waals surface area contributed by atoms with Gasteiger partial charge in [0.2, 0.25) is 15.9 Å². The Morgan fingerprint density at radius 1 is 1.13 bits per heavy atom. The molecule has 9 nitrogen and oxygen atoms in total. The van der Waals surface area contributed by atoms with Crippen LogP contribution in [0.5, 0.6) is 5.75 Å². The van der Waals surface area contributed by atoms with Crippen molar-refractivity contribution in [2.75, 3.05) is 17.7 Å². The number of carbonyl (C=O) groups is 1. The summed E-state index contributed by atoms with van der Waals surface area (Å²) in [6, 6.07) is 12.9. The van der Waals surface area contributed by atoms with Crippen LogP contribution in [0.3, 0.4) is 0 Å². The molecule has 0 saturated heterocycles. The maximum atomic E-state index is 13.9. The first-order valence-electron chi connectivity index (χ1n) is 12.1. The number of primary sulfonamides is 1. The SMILES string of the molecule is CCOc1ccc(-n2c(SCC(=O)Nc3ccc(S(N)(=O)=O)cc3)nc3sc4c(c3c2=O)CCCC4)cc1. The number of carbonyl (C=O) groups excluding carboxylic acids is 1. The van der Waals surface area contributed by atoms with E-state index in [0.29, 0.717) is 39.1 Å². The fourth-order valence-corrected chi connectivity index (χ4v) is 7.05. The summed E-state index contributed by atoms with van der Waals surface area (Å²) in [5.74, 6) is 0.376. The van der Waals surface area contributed by atoms with Crippen molar-refractivity contribution in [2.24, 2.45) is 5.14 Å². The van der Waals surface area contributed by atoms with E-state index in [1.807, 2.05) is 31.2 Å². The minimum atomic E-state index is -3.82. The third-order valence-corrected chi connectivity index (χ3v) is 9.22. The predicted octanol–water partition coefficient (Wildman–Crippen LogP) is 4.10. The van der Waals surface area contributed by atoms with Gasteiger partial charge in [-0.3, -0.25) is 14.2 Å². The van der Waals surface area contributed by atoms with Crippen molar-refractivity contribution in [1.29, 1.82) is 0 Å². The van der Waals surface area contributed by atoms with Crippen molar-refractivity contribution in [3.63, 3.8) is 0 Å². The molecule has 0 atom stereocenters. The third kappa shape index (κ3) is 5.48. The summed E-state index contributed by atoms with van der Waals surface area (Å²) in [5.41, 5.74) is 2.04. The van der Waals surface area contributed by atoms with Crippen molar-refractivity contribution in [2.45, 2.75) is 42.7 Å². The van der Waals surface area contributed by atoms with Crippen LogP contribution in [-0.2, 0) is 27.7 Å². The molecule has 198 valence electrons. The lowest BCUT2D eigenvalue weighted by Gasteiger charge is -2.14. The monoisotopic (exact) mass is 570 g/mol. The van der Waals surface area contributed by atoms with Crippen LogP contribution in [0.1, 0.15) is 30.2 Å². The summed E-state index contributed by atoms with van der Waals surface area (Å²) < 4.78 is 30.0. The molecule has 0 spiro atoms. The standard InChI is InChI=1S/C26H26N4O5S3/c1-2-35-18-11-9-17(10-12-18)30-25(32)23-20-5-3-4-6-21(20)37-24(23)29-26(30)36-15-22(31)28-16-7-13-19(14-8-16)38(27,33)34/h7-14H,2-6,15H2,1H3,(H,28,31)(H2,27,33,34). The number of aryl methyl sites for hydroxylation is 2. The van der Waals surface area contributed by atoms with Crippen molar-refractivity contribution in [1.82, 2.24) is 9.55 Å². The maximum absolute atomic E-state index is 13.9. The van der Waals surface area contributed by atoms with E-state index in [0.717, 1.165) is 31.2 Å². The topological polar surface area (TPSA) is 133 Å². The summed E-state index contributed by atoms with van der Waals surface area (Å²) in [6.07, 6.45) is 3.98. The number of fused-ring (bicyclic) bond motifs is 3. The zero-order valence-electron chi connectivity index (χ0n) is 20.6. The highest BCUT2D eigenvalue weighted by Gasteiger charge is 2.23. The van der Waals surface area contributed by atoms with Crippen LogP contribution < -0.4 is 20.8 Å². The number of thioether (sulfide) groups is 1. The molecular weight excluding hydrogens is 545 g/mol. The van der Waals surface area contributed by atoms with Crippen molar-refractivity contribution in [3.05, 3.63) is 69.3 Å². The summed E-state index contributed by atoms with van der Waals surface area (Å²) in [7, 11) is -3.82. The first kappa shape index (κ1) is 26.4. The van der Waals surface area contributed by atoms with E-state index in [9.17, 15) is 18.0 Å². The molecule has 0 bridgehead atoms. The second-order valence-electron chi connectivity index (χ2n) is 8.76. The molecule has 1 aliphatic rings. The molecule has 2 aromatic heterocycles. The van der Waals surface area contributed by atoms with E-state index in [2.05, 4.69) is 5.32 Å². The van der Waals surface area contributed by atoms with Gasteiger partial charge in [0, 0.05) is 10.6 Å². The fourth-order valence-electron chi connectivity index (χ4n) is 4.42. The van der Waals surface area contributed by atoms with Crippen LogP contribution in [0.25, 0.3) is 15.9 Å².